The van der Waals surface area contributed by atoms with Gasteiger partial charge in [-0.2, -0.15) is 23.0 Å². The highest BCUT2D eigenvalue weighted by atomic mass is 32.2. The molecule has 1 N–H and O–H groups in total. The zero-order valence-corrected chi connectivity index (χ0v) is 13.6. The average molecular weight is 356 g/mol. The number of sulfonamides is 1. The van der Waals surface area contributed by atoms with Crippen molar-refractivity contribution in [2.45, 2.75) is 6.54 Å². The van der Waals surface area contributed by atoms with Gasteiger partial charge in [0, 0.05) is 23.1 Å². The van der Waals surface area contributed by atoms with Gasteiger partial charge in [-0.05, 0) is 6.07 Å². The Morgan fingerprint density at radius 3 is 2.92 bits per heavy atom. The normalized spacial score (nSPS) is 21.0. The molecule has 4 rings (SSSR count). The molecule has 25 heavy (non-hydrogen) atoms. The van der Waals surface area contributed by atoms with Crippen molar-refractivity contribution in [2.75, 3.05) is 6.54 Å². The number of hydrogen-bond donors (Lipinski definition) is 1. The number of para-hydroxylation sites is 1. The number of aromatic nitrogens is 1. The Morgan fingerprint density at radius 2 is 2.12 bits per heavy atom. The van der Waals surface area contributed by atoms with Crippen LogP contribution in [0.3, 0.4) is 0 Å². The maximum absolute atomic E-state index is 12.0. The van der Waals surface area contributed by atoms with Crippen LogP contribution in [0.2, 0.25) is 0 Å². The predicted molar refractivity (Wildman–Crippen MR) is 92.1 cm³/mol. The summed E-state index contributed by atoms with van der Waals surface area (Å²) in [5.74, 6) is -1.08. The van der Waals surface area contributed by atoms with Crippen LogP contribution < -0.4 is 0 Å². The molecule has 0 saturated carbocycles. The van der Waals surface area contributed by atoms with E-state index in [1.165, 1.54) is 12.3 Å². The fourth-order valence-corrected chi connectivity index (χ4v) is 3.66. The van der Waals surface area contributed by atoms with Crippen molar-refractivity contribution in [1.82, 2.24) is 4.57 Å². The van der Waals surface area contributed by atoms with Crippen LogP contribution in [-0.2, 0) is 16.6 Å². The third-order valence-electron chi connectivity index (χ3n) is 4.06. The molecule has 0 radical (unpaired) electrons. The average Bonchev–Trinajstić information content (AvgIpc) is 3.16. The van der Waals surface area contributed by atoms with Gasteiger partial charge in [0.15, 0.2) is 0 Å². The van der Waals surface area contributed by atoms with Gasteiger partial charge < -0.3 is 9.67 Å². The van der Waals surface area contributed by atoms with Gasteiger partial charge in [0.1, 0.15) is 11.4 Å². The Labute approximate surface area is 142 Å². The summed E-state index contributed by atoms with van der Waals surface area (Å²) in [7, 11) is -3.82. The minimum Gasteiger partial charge on any atom is -0.477 e. The van der Waals surface area contributed by atoms with E-state index in [-0.39, 0.29) is 18.8 Å². The summed E-state index contributed by atoms with van der Waals surface area (Å²) in [5.41, 5.74) is 2.62. The Balaban J connectivity index is 2.11. The van der Waals surface area contributed by atoms with Crippen molar-refractivity contribution < 1.29 is 18.3 Å². The van der Waals surface area contributed by atoms with Crippen LogP contribution in [0.4, 0.5) is 0 Å². The van der Waals surface area contributed by atoms with E-state index in [1.54, 1.807) is 10.6 Å². The molecule has 1 aromatic heterocycles. The van der Waals surface area contributed by atoms with E-state index < -0.39 is 16.0 Å². The molecule has 8 nitrogen and oxygen atoms in total. The SMILES string of the molecule is O=C(O)c1cc2cccc3c2n1C/C=C\S(=O)(=O)/N=C\C1=C3CN=N1. The maximum atomic E-state index is 12.0. The second-order valence-electron chi connectivity index (χ2n) is 5.57. The van der Waals surface area contributed by atoms with Gasteiger partial charge in [0.2, 0.25) is 0 Å². The number of carboxylic acids is 1. The van der Waals surface area contributed by atoms with Crippen LogP contribution in [0.15, 0.2) is 56.1 Å². The molecular weight excluding hydrogens is 344 g/mol. The second-order valence-corrected chi connectivity index (χ2v) is 7.09. The summed E-state index contributed by atoms with van der Waals surface area (Å²) < 4.78 is 29.1. The van der Waals surface area contributed by atoms with Crippen molar-refractivity contribution in [3.05, 3.63) is 52.7 Å². The van der Waals surface area contributed by atoms with E-state index in [4.69, 9.17) is 0 Å². The molecule has 2 aromatic rings. The maximum Gasteiger partial charge on any atom is 0.352 e. The summed E-state index contributed by atoms with van der Waals surface area (Å²) >= 11 is 0. The van der Waals surface area contributed by atoms with Crippen molar-refractivity contribution in [3.8, 4) is 0 Å². The first-order chi connectivity index (χ1) is 12.0. The van der Waals surface area contributed by atoms with E-state index in [0.717, 1.165) is 16.4 Å². The molecule has 0 fully saturated rings. The first-order valence-corrected chi connectivity index (χ1v) is 8.90. The number of carbonyl (C=O) groups is 1. The minimum absolute atomic E-state index is 0.0821. The lowest BCUT2D eigenvalue weighted by molar-refractivity contribution is 0.0686. The van der Waals surface area contributed by atoms with Crippen LogP contribution in [0.25, 0.3) is 16.5 Å². The molecule has 0 bridgehead atoms. The van der Waals surface area contributed by atoms with Crippen LogP contribution >= 0.6 is 0 Å². The van der Waals surface area contributed by atoms with E-state index >= 15 is 0 Å². The molecule has 0 spiro atoms. The number of fused-ring (bicyclic) bond motifs is 1. The first-order valence-electron chi connectivity index (χ1n) is 7.40. The molecule has 2 aliphatic rings. The Morgan fingerprint density at radius 1 is 1.28 bits per heavy atom. The first kappa shape index (κ1) is 15.5. The molecule has 3 heterocycles. The van der Waals surface area contributed by atoms with Crippen LogP contribution in [0.5, 0.6) is 0 Å². The molecule has 0 amide bonds. The third kappa shape index (κ3) is 2.58. The topological polar surface area (TPSA) is 113 Å². The zero-order valence-electron chi connectivity index (χ0n) is 12.8. The Bertz CT molecular complexity index is 1140. The number of aromatic carboxylic acids is 1. The molecular formula is C16H12N4O4S. The van der Waals surface area contributed by atoms with E-state index in [1.807, 2.05) is 18.2 Å². The largest absolute Gasteiger partial charge is 0.477 e. The molecule has 1 aromatic carbocycles. The van der Waals surface area contributed by atoms with Gasteiger partial charge in [0.05, 0.1) is 23.7 Å². The third-order valence-corrected chi connectivity index (χ3v) is 4.99. The lowest BCUT2D eigenvalue weighted by Crippen LogP contribution is -2.08. The highest BCUT2D eigenvalue weighted by molar-refractivity contribution is 7.93. The van der Waals surface area contributed by atoms with Crippen LogP contribution in [-0.4, -0.2) is 36.8 Å². The summed E-state index contributed by atoms with van der Waals surface area (Å²) in [4.78, 5) is 11.6. The minimum atomic E-state index is -3.82. The quantitative estimate of drug-likeness (QED) is 0.845. The van der Waals surface area contributed by atoms with Gasteiger partial charge in [-0.15, -0.1) is 0 Å². The molecule has 0 aliphatic carbocycles. The van der Waals surface area contributed by atoms with E-state index in [0.29, 0.717) is 16.8 Å². The number of rotatable bonds is 1. The molecule has 2 aliphatic heterocycles. The summed E-state index contributed by atoms with van der Waals surface area (Å²) in [6.07, 6.45) is 2.56. The number of benzene rings is 1. The smallest absolute Gasteiger partial charge is 0.352 e. The van der Waals surface area contributed by atoms with E-state index in [2.05, 4.69) is 14.6 Å². The van der Waals surface area contributed by atoms with Gasteiger partial charge in [-0.1, -0.05) is 24.3 Å². The Hall–Kier alpha value is -3.07. The highest BCUT2D eigenvalue weighted by Gasteiger charge is 2.22. The van der Waals surface area contributed by atoms with Crippen molar-refractivity contribution >= 4 is 38.7 Å². The lowest BCUT2D eigenvalue weighted by Gasteiger charge is -2.10. The predicted octanol–water partition coefficient (Wildman–Crippen LogP) is 2.44. The van der Waals surface area contributed by atoms with Crippen LogP contribution in [0.1, 0.15) is 16.1 Å². The van der Waals surface area contributed by atoms with Crippen LogP contribution in [0, 0.1) is 0 Å². The molecule has 0 saturated heterocycles. The van der Waals surface area contributed by atoms with Gasteiger partial charge >= 0.3 is 5.97 Å². The van der Waals surface area contributed by atoms with Gasteiger partial charge in [0.25, 0.3) is 10.0 Å². The number of allylic oxidation sites excluding steroid dienone is 2. The summed E-state index contributed by atoms with van der Waals surface area (Å²) in [6, 6.07) is 7.06. The Kier molecular flexibility index (Phi) is 3.39. The van der Waals surface area contributed by atoms with Crippen molar-refractivity contribution in [2.24, 2.45) is 14.6 Å². The molecule has 0 unspecified atom stereocenters. The zero-order chi connectivity index (χ0) is 17.6. The van der Waals surface area contributed by atoms with Crippen molar-refractivity contribution in [1.29, 1.82) is 0 Å². The summed E-state index contributed by atoms with van der Waals surface area (Å²) in [5, 5.41) is 19.2. The van der Waals surface area contributed by atoms with Gasteiger partial charge in [-0.25, -0.2) is 4.79 Å². The lowest BCUT2D eigenvalue weighted by atomic mass is 10.0. The molecule has 9 heteroatoms. The van der Waals surface area contributed by atoms with Crippen molar-refractivity contribution in [3.63, 3.8) is 0 Å². The monoisotopic (exact) mass is 356 g/mol. The highest BCUT2D eigenvalue weighted by Crippen LogP contribution is 2.33. The number of carboxylic acid groups (broad SMARTS) is 1. The fourth-order valence-electron chi connectivity index (χ4n) is 3.01. The fraction of sp³-hybridized carbons (Fsp3) is 0.125. The summed E-state index contributed by atoms with van der Waals surface area (Å²) in [6.45, 7) is 0.370. The molecule has 126 valence electrons. The number of azo groups is 1. The number of nitrogens with zero attached hydrogens (tertiary/aromatic N) is 4. The standard InChI is InChI=1S/C16H12N4O4S/c21-16(22)14-7-10-3-1-4-11-12-8-17-19-13(12)9-18-25(23,24)6-2-5-20(14)15(10)11/h1-4,6-7,9H,5,8H2,(H,21,22)/b6-2-,18-9-. The second kappa shape index (κ2) is 5.49. The molecule has 0 atom stereocenters. The van der Waals surface area contributed by atoms with E-state index in [9.17, 15) is 18.3 Å². The number of hydrogen-bond acceptors (Lipinski definition) is 5. The van der Waals surface area contributed by atoms with Gasteiger partial charge in [-0.3, -0.25) is 0 Å².